The molecule has 1 atom stereocenters. The summed E-state index contributed by atoms with van der Waals surface area (Å²) in [6.07, 6.45) is 1.35. The van der Waals surface area contributed by atoms with Crippen LogP contribution in [0.4, 0.5) is 0 Å². The fraction of sp³-hybridized carbons (Fsp3) is 1.00. The van der Waals surface area contributed by atoms with Crippen LogP contribution in [-0.4, -0.2) is 26.2 Å². The Morgan fingerprint density at radius 3 is 2.91 bits per heavy atom. The molecule has 11 heavy (non-hydrogen) atoms. The summed E-state index contributed by atoms with van der Waals surface area (Å²) in [6, 6.07) is 0. The summed E-state index contributed by atoms with van der Waals surface area (Å²) in [5.41, 5.74) is 0. The lowest BCUT2D eigenvalue weighted by atomic mass is 10.1. The zero-order valence-electron chi connectivity index (χ0n) is 7.69. The van der Waals surface area contributed by atoms with Gasteiger partial charge in [-0.25, -0.2) is 0 Å². The molecule has 1 heterocycles. The summed E-state index contributed by atoms with van der Waals surface area (Å²) in [7, 11) is 0. The van der Waals surface area contributed by atoms with Crippen molar-refractivity contribution < 1.29 is 0 Å². The van der Waals surface area contributed by atoms with E-state index in [4.69, 9.17) is 0 Å². The van der Waals surface area contributed by atoms with Crippen molar-refractivity contribution in [2.45, 2.75) is 20.3 Å². The van der Waals surface area contributed by atoms with Gasteiger partial charge in [0.1, 0.15) is 0 Å². The van der Waals surface area contributed by atoms with Gasteiger partial charge in [-0.3, -0.25) is 0 Å². The van der Waals surface area contributed by atoms with Crippen LogP contribution in [0.25, 0.3) is 0 Å². The molecule has 0 aromatic heterocycles. The molecule has 0 saturated carbocycles. The molecule has 0 bridgehead atoms. The Kier molecular flexibility index (Phi) is 3.87. The number of hydrogen-bond acceptors (Lipinski definition) is 2. The van der Waals surface area contributed by atoms with E-state index >= 15 is 0 Å². The van der Waals surface area contributed by atoms with Gasteiger partial charge in [-0.1, -0.05) is 13.8 Å². The lowest BCUT2D eigenvalue weighted by Crippen LogP contribution is -2.27. The first-order valence-corrected chi connectivity index (χ1v) is 4.70. The molecule has 0 aromatic carbocycles. The highest BCUT2D eigenvalue weighted by Gasteiger charge is 2.13. The van der Waals surface area contributed by atoms with Gasteiger partial charge in [0.25, 0.3) is 0 Å². The van der Waals surface area contributed by atoms with E-state index < -0.39 is 0 Å². The maximum Gasteiger partial charge on any atom is -0.000779 e. The van der Waals surface area contributed by atoms with Crippen LogP contribution < -0.4 is 10.6 Å². The molecule has 1 aliphatic rings. The van der Waals surface area contributed by atoms with Gasteiger partial charge < -0.3 is 10.6 Å². The Morgan fingerprint density at radius 2 is 2.36 bits per heavy atom. The third-order valence-electron chi connectivity index (χ3n) is 2.15. The minimum Gasteiger partial charge on any atom is -0.316 e. The van der Waals surface area contributed by atoms with Crippen LogP contribution in [0.1, 0.15) is 20.3 Å². The number of hydrogen-bond donors (Lipinski definition) is 2. The van der Waals surface area contributed by atoms with Gasteiger partial charge in [0, 0.05) is 0 Å². The van der Waals surface area contributed by atoms with Crippen molar-refractivity contribution in [2.75, 3.05) is 26.2 Å². The van der Waals surface area contributed by atoms with Crippen molar-refractivity contribution in [1.29, 1.82) is 0 Å². The third-order valence-corrected chi connectivity index (χ3v) is 2.15. The first-order valence-electron chi connectivity index (χ1n) is 4.70. The van der Waals surface area contributed by atoms with Gasteiger partial charge in [0.2, 0.25) is 0 Å². The molecule has 0 aliphatic carbocycles. The van der Waals surface area contributed by atoms with E-state index in [0.29, 0.717) is 0 Å². The summed E-state index contributed by atoms with van der Waals surface area (Å²) in [6.45, 7) is 9.29. The SMILES string of the molecule is CC(C)CNCC1CCNC1. The summed E-state index contributed by atoms with van der Waals surface area (Å²) in [5, 5.41) is 6.86. The molecule has 1 aliphatic heterocycles. The molecule has 2 nitrogen and oxygen atoms in total. The molecule has 0 aromatic rings. The van der Waals surface area contributed by atoms with Crippen molar-refractivity contribution in [3.63, 3.8) is 0 Å². The van der Waals surface area contributed by atoms with Crippen molar-refractivity contribution in [3.8, 4) is 0 Å². The van der Waals surface area contributed by atoms with Gasteiger partial charge >= 0.3 is 0 Å². The van der Waals surface area contributed by atoms with E-state index in [1.807, 2.05) is 0 Å². The summed E-state index contributed by atoms with van der Waals surface area (Å²) < 4.78 is 0. The van der Waals surface area contributed by atoms with E-state index in [2.05, 4.69) is 24.5 Å². The van der Waals surface area contributed by atoms with Crippen molar-refractivity contribution in [3.05, 3.63) is 0 Å². The maximum atomic E-state index is 3.49. The minimum absolute atomic E-state index is 0.782. The number of nitrogens with one attached hydrogen (secondary N) is 2. The van der Waals surface area contributed by atoms with Gasteiger partial charge in [-0.15, -0.1) is 0 Å². The predicted octanol–water partition coefficient (Wildman–Crippen LogP) is 0.842. The van der Waals surface area contributed by atoms with E-state index in [1.165, 1.54) is 26.1 Å². The summed E-state index contributed by atoms with van der Waals surface area (Å²) in [5.74, 6) is 1.66. The van der Waals surface area contributed by atoms with Crippen molar-refractivity contribution >= 4 is 0 Å². The van der Waals surface area contributed by atoms with Crippen molar-refractivity contribution in [1.82, 2.24) is 10.6 Å². The topological polar surface area (TPSA) is 24.1 Å². The molecule has 0 radical (unpaired) electrons. The molecule has 1 saturated heterocycles. The average Bonchev–Trinajstić information content (AvgIpc) is 2.39. The second-order valence-corrected chi connectivity index (χ2v) is 3.91. The second-order valence-electron chi connectivity index (χ2n) is 3.91. The zero-order valence-corrected chi connectivity index (χ0v) is 7.69. The van der Waals surface area contributed by atoms with Gasteiger partial charge in [0.15, 0.2) is 0 Å². The second kappa shape index (κ2) is 4.73. The van der Waals surface area contributed by atoms with E-state index in [1.54, 1.807) is 0 Å². The van der Waals surface area contributed by atoms with Crippen LogP contribution in [0.15, 0.2) is 0 Å². The quantitative estimate of drug-likeness (QED) is 0.630. The average molecular weight is 156 g/mol. The summed E-state index contributed by atoms with van der Waals surface area (Å²) >= 11 is 0. The van der Waals surface area contributed by atoms with Crippen LogP contribution in [0.3, 0.4) is 0 Å². The van der Waals surface area contributed by atoms with E-state index in [9.17, 15) is 0 Å². The molecular formula is C9H20N2. The molecule has 1 unspecified atom stereocenters. The molecule has 66 valence electrons. The summed E-state index contributed by atoms with van der Waals surface area (Å²) in [4.78, 5) is 0. The Balaban J connectivity index is 1.94. The van der Waals surface area contributed by atoms with E-state index in [0.717, 1.165) is 18.4 Å². The number of rotatable bonds is 4. The Bertz CT molecular complexity index is 95.7. The standard InChI is InChI=1S/C9H20N2/c1-8(2)5-11-7-9-3-4-10-6-9/h8-11H,3-7H2,1-2H3. The lowest BCUT2D eigenvalue weighted by molar-refractivity contribution is 0.474. The Morgan fingerprint density at radius 1 is 1.55 bits per heavy atom. The highest BCUT2D eigenvalue weighted by molar-refractivity contribution is 4.72. The normalized spacial score (nSPS) is 24.8. The minimum atomic E-state index is 0.782. The smallest absolute Gasteiger partial charge is 0.000779 e. The molecule has 2 heteroatoms. The van der Waals surface area contributed by atoms with Gasteiger partial charge in [-0.05, 0) is 44.4 Å². The maximum absolute atomic E-state index is 3.49. The molecule has 1 rings (SSSR count). The molecule has 2 N–H and O–H groups in total. The Labute approximate surface area is 69.8 Å². The molecule has 0 spiro atoms. The van der Waals surface area contributed by atoms with Gasteiger partial charge in [-0.2, -0.15) is 0 Å². The highest BCUT2D eigenvalue weighted by Crippen LogP contribution is 2.05. The van der Waals surface area contributed by atoms with E-state index in [-0.39, 0.29) is 0 Å². The zero-order chi connectivity index (χ0) is 8.10. The lowest BCUT2D eigenvalue weighted by Gasteiger charge is -2.11. The van der Waals surface area contributed by atoms with Crippen LogP contribution in [0.5, 0.6) is 0 Å². The molecular weight excluding hydrogens is 136 g/mol. The molecule has 1 fully saturated rings. The fourth-order valence-electron chi connectivity index (χ4n) is 1.46. The largest absolute Gasteiger partial charge is 0.316 e. The monoisotopic (exact) mass is 156 g/mol. The first-order chi connectivity index (χ1) is 5.29. The predicted molar refractivity (Wildman–Crippen MR) is 48.7 cm³/mol. The van der Waals surface area contributed by atoms with Crippen molar-refractivity contribution in [2.24, 2.45) is 11.8 Å². The van der Waals surface area contributed by atoms with Crippen LogP contribution in [0, 0.1) is 11.8 Å². The first kappa shape index (κ1) is 9.01. The van der Waals surface area contributed by atoms with Crippen LogP contribution in [-0.2, 0) is 0 Å². The fourth-order valence-corrected chi connectivity index (χ4v) is 1.46. The molecule has 0 amide bonds. The van der Waals surface area contributed by atoms with Gasteiger partial charge in [0.05, 0.1) is 0 Å². The van der Waals surface area contributed by atoms with Crippen LogP contribution >= 0.6 is 0 Å². The highest BCUT2D eigenvalue weighted by atomic mass is 14.9. The van der Waals surface area contributed by atoms with Crippen LogP contribution in [0.2, 0.25) is 0 Å². The third kappa shape index (κ3) is 3.73. The Hall–Kier alpha value is -0.0800.